The zero-order valence-corrected chi connectivity index (χ0v) is 9.45. The van der Waals surface area contributed by atoms with Crippen molar-refractivity contribution in [3.63, 3.8) is 0 Å². The number of hydrogen-bond acceptors (Lipinski definition) is 1. The van der Waals surface area contributed by atoms with Gasteiger partial charge in [-0.15, -0.1) is 0 Å². The quantitative estimate of drug-likeness (QED) is 0.751. The van der Waals surface area contributed by atoms with Gasteiger partial charge in [0.05, 0.1) is 0 Å². The second-order valence-corrected chi connectivity index (χ2v) is 4.15. The van der Waals surface area contributed by atoms with Crippen molar-refractivity contribution in [3.05, 3.63) is 46.4 Å². The molecule has 1 aliphatic rings. The monoisotopic (exact) mass is 284 g/mol. The SMILES string of the molecule is FC1=C(OCc2cccc(Cl)c2)C(F)(F)C1(F)F. The minimum absolute atomic E-state index is 0.330. The number of allylic oxidation sites excluding steroid dienone is 2. The molecule has 2 rings (SSSR count). The van der Waals surface area contributed by atoms with Crippen LogP contribution in [-0.2, 0) is 11.3 Å². The van der Waals surface area contributed by atoms with Gasteiger partial charge in [0.1, 0.15) is 6.61 Å². The summed E-state index contributed by atoms with van der Waals surface area (Å²) in [5.41, 5.74) is 0.369. The van der Waals surface area contributed by atoms with Crippen LogP contribution in [0.3, 0.4) is 0 Å². The van der Waals surface area contributed by atoms with Crippen molar-refractivity contribution in [2.45, 2.75) is 18.5 Å². The van der Waals surface area contributed by atoms with Gasteiger partial charge < -0.3 is 4.74 Å². The van der Waals surface area contributed by atoms with Gasteiger partial charge in [0.2, 0.25) is 11.6 Å². The predicted molar refractivity (Wildman–Crippen MR) is 54.3 cm³/mol. The highest BCUT2D eigenvalue weighted by molar-refractivity contribution is 6.30. The molecule has 1 aromatic carbocycles. The molecule has 0 saturated carbocycles. The highest BCUT2D eigenvalue weighted by Crippen LogP contribution is 2.56. The lowest BCUT2D eigenvalue weighted by molar-refractivity contribution is -0.233. The van der Waals surface area contributed by atoms with Crippen LogP contribution in [0.1, 0.15) is 5.56 Å². The van der Waals surface area contributed by atoms with Crippen molar-refractivity contribution in [1.29, 1.82) is 0 Å². The molecule has 0 atom stereocenters. The molecule has 0 unspecified atom stereocenters. The van der Waals surface area contributed by atoms with Gasteiger partial charge in [-0.3, -0.25) is 0 Å². The van der Waals surface area contributed by atoms with Crippen LogP contribution in [0.15, 0.2) is 35.9 Å². The van der Waals surface area contributed by atoms with Crippen molar-refractivity contribution < 1.29 is 26.7 Å². The zero-order chi connectivity index (χ0) is 13.6. The Labute approximate surface area is 104 Å². The Kier molecular flexibility index (Phi) is 3.01. The third kappa shape index (κ3) is 1.84. The van der Waals surface area contributed by atoms with Crippen molar-refractivity contribution in [3.8, 4) is 0 Å². The summed E-state index contributed by atoms with van der Waals surface area (Å²) in [4.78, 5) is 0. The van der Waals surface area contributed by atoms with Crippen LogP contribution in [0.25, 0.3) is 0 Å². The minimum Gasteiger partial charge on any atom is -0.484 e. The Hall–Kier alpha value is -1.30. The highest BCUT2D eigenvalue weighted by Gasteiger charge is 2.74. The van der Waals surface area contributed by atoms with Gasteiger partial charge in [-0.05, 0) is 17.7 Å². The summed E-state index contributed by atoms with van der Waals surface area (Å²) in [6, 6.07) is 5.95. The van der Waals surface area contributed by atoms with Crippen LogP contribution in [-0.4, -0.2) is 11.8 Å². The van der Waals surface area contributed by atoms with E-state index < -0.39 is 30.0 Å². The second kappa shape index (κ2) is 4.12. The fourth-order valence-electron chi connectivity index (χ4n) is 1.43. The third-order valence-electron chi connectivity index (χ3n) is 2.43. The number of alkyl halides is 4. The molecule has 0 heterocycles. The van der Waals surface area contributed by atoms with Gasteiger partial charge in [0.15, 0.2) is 0 Å². The molecule has 0 N–H and O–H groups in total. The van der Waals surface area contributed by atoms with Gasteiger partial charge in [-0.25, -0.2) is 4.39 Å². The molecule has 0 aromatic heterocycles. The van der Waals surface area contributed by atoms with Crippen molar-refractivity contribution in [2.24, 2.45) is 0 Å². The van der Waals surface area contributed by atoms with E-state index in [0.29, 0.717) is 10.6 Å². The number of ether oxygens (including phenoxy) is 1. The first kappa shape index (κ1) is 13.1. The number of hydrogen-bond donors (Lipinski definition) is 0. The predicted octanol–water partition coefficient (Wildman–Crippen LogP) is 4.32. The summed E-state index contributed by atoms with van der Waals surface area (Å²) >= 11 is 5.63. The molecule has 18 heavy (non-hydrogen) atoms. The summed E-state index contributed by atoms with van der Waals surface area (Å²) in [6.45, 7) is -0.463. The van der Waals surface area contributed by atoms with Crippen LogP contribution < -0.4 is 0 Å². The van der Waals surface area contributed by atoms with Crippen molar-refractivity contribution in [1.82, 2.24) is 0 Å². The maximum absolute atomic E-state index is 12.8. The molecule has 0 amide bonds. The Morgan fingerprint density at radius 1 is 1.11 bits per heavy atom. The van der Waals surface area contributed by atoms with E-state index >= 15 is 0 Å². The second-order valence-electron chi connectivity index (χ2n) is 3.71. The van der Waals surface area contributed by atoms with E-state index in [1.165, 1.54) is 24.3 Å². The first-order valence-corrected chi connectivity index (χ1v) is 5.18. The lowest BCUT2D eigenvalue weighted by Gasteiger charge is -2.35. The fraction of sp³-hybridized carbons (Fsp3) is 0.273. The van der Waals surface area contributed by atoms with Gasteiger partial charge in [-0.2, -0.15) is 17.6 Å². The molecular weight excluding hydrogens is 279 g/mol. The van der Waals surface area contributed by atoms with Crippen molar-refractivity contribution >= 4 is 11.6 Å². The molecule has 7 heteroatoms. The molecule has 0 aliphatic heterocycles. The topological polar surface area (TPSA) is 9.23 Å². The smallest absolute Gasteiger partial charge is 0.375 e. The van der Waals surface area contributed by atoms with Crippen LogP contribution in [0, 0.1) is 0 Å². The number of benzene rings is 1. The van der Waals surface area contributed by atoms with E-state index in [4.69, 9.17) is 11.6 Å². The van der Waals surface area contributed by atoms with Crippen molar-refractivity contribution in [2.75, 3.05) is 0 Å². The molecule has 0 fully saturated rings. The van der Waals surface area contributed by atoms with E-state index in [1.54, 1.807) is 0 Å². The molecule has 1 aromatic rings. The van der Waals surface area contributed by atoms with E-state index in [2.05, 4.69) is 4.74 Å². The van der Waals surface area contributed by atoms with E-state index in [-0.39, 0.29) is 0 Å². The van der Waals surface area contributed by atoms with E-state index in [0.717, 1.165) is 0 Å². The molecular formula is C11H6ClF5O. The Morgan fingerprint density at radius 2 is 1.78 bits per heavy atom. The normalized spacial score (nSPS) is 20.6. The van der Waals surface area contributed by atoms with Gasteiger partial charge >= 0.3 is 11.8 Å². The third-order valence-corrected chi connectivity index (χ3v) is 2.66. The molecule has 0 spiro atoms. The average molecular weight is 285 g/mol. The molecule has 1 nitrogen and oxygen atoms in total. The van der Waals surface area contributed by atoms with Crippen LogP contribution in [0.5, 0.6) is 0 Å². The summed E-state index contributed by atoms with van der Waals surface area (Å²) in [6.07, 6.45) is 0. The summed E-state index contributed by atoms with van der Waals surface area (Å²) in [7, 11) is 0. The number of rotatable bonds is 3. The van der Waals surface area contributed by atoms with Gasteiger partial charge in [0.25, 0.3) is 0 Å². The van der Waals surface area contributed by atoms with Crippen LogP contribution >= 0.6 is 11.6 Å². The first-order valence-electron chi connectivity index (χ1n) is 4.80. The van der Waals surface area contributed by atoms with Crippen LogP contribution in [0.4, 0.5) is 22.0 Å². The van der Waals surface area contributed by atoms with E-state index in [1.807, 2.05) is 0 Å². The minimum atomic E-state index is -4.78. The molecule has 0 radical (unpaired) electrons. The lowest BCUT2D eigenvalue weighted by atomic mass is 9.96. The van der Waals surface area contributed by atoms with Gasteiger partial charge in [-0.1, -0.05) is 23.7 Å². The highest BCUT2D eigenvalue weighted by atomic mass is 35.5. The maximum Gasteiger partial charge on any atom is 0.375 e. The van der Waals surface area contributed by atoms with Crippen LogP contribution in [0.2, 0.25) is 5.02 Å². The maximum atomic E-state index is 12.8. The standard InChI is InChI=1S/C11H6ClF5O/c12-7-3-1-2-6(4-7)5-18-9-8(13)10(14,15)11(9,16)17/h1-4H,5H2. The summed E-state index contributed by atoms with van der Waals surface area (Å²) < 4.78 is 67.7. The molecule has 98 valence electrons. The molecule has 0 bridgehead atoms. The number of halogens is 6. The molecule has 1 aliphatic carbocycles. The lowest BCUT2D eigenvalue weighted by Crippen LogP contribution is -2.53. The van der Waals surface area contributed by atoms with E-state index in [9.17, 15) is 22.0 Å². The Bertz CT molecular complexity index is 512. The fourth-order valence-corrected chi connectivity index (χ4v) is 1.65. The Balaban J connectivity index is 2.11. The average Bonchev–Trinajstić information content (AvgIpc) is 2.28. The Morgan fingerprint density at radius 3 is 2.33 bits per heavy atom. The zero-order valence-electron chi connectivity index (χ0n) is 8.69. The first-order chi connectivity index (χ1) is 8.26. The summed E-state index contributed by atoms with van der Waals surface area (Å²) in [5, 5.41) is 0.330. The largest absolute Gasteiger partial charge is 0.484 e. The van der Waals surface area contributed by atoms with Gasteiger partial charge in [0, 0.05) is 5.02 Å². The molecule has 0 saturated heterocycles. The summed E-state index contributed by atoms with van der Waals surface area (Å²) in [5.74, 6) is -13.2.